The molecule has 16 heavy (non-hydrogen) atoms. The monoisotopic (exact) mass is 227 g/mol. The first-order valence-electron chi connectivity index (χ1n) is 6.15. The number of carbonyl (C=O) groups is 1. The number of rotatable bonds is 3. The maximum absolute atomic E-state index is 12.0. The van der Waals surface area contributed by atoms with Gasteiger partial charge in [0.05, 0.1) is 0 Å². The van der Waals surface area contributed by atoms with Crippen LogP contribution in [0, 0.1) is 16.7 Å². The molecule has 0 aliphatic carbocycles. The molecule has 2 nitrogen and oxygen atoms in total. The molecule has 0 bridgehead atoms. The SMILES string of the molecule is CC(C)C(C)(C)C(C)(C)NC(=O)C(C)(C)C. The Bertz CT molecular complexity index is 256. The van der Waals surface area contributed by atoms with Gasteiger partial charge in [0, 0.05) is 11.0 Å². The quantitative estimate of drug-likeness (QED) is 0.784. The van der Waals surface area contributed by atoms with E-state index in [4.69, 9.17) is 0 Å². The van der Waals surface area contributed by atoms with Crippen LogP contribution in [0.15, 0.2) is 0 Å². The predicted octanol–water partition coefficient (Wildman–Crippen LogP) is 3.61. The fourth-order valence-electron chi connectivity index (χ4n) is 1.35. The topological polar surface area (TPSA) is 29.1 Å². The normalized spacial score (nSPS) is 14.1. The van der Waals surface area contributed by atoms with Crippen molar-refractivity contribution in [1.29, 1.82) is 0 Å². The summed E-state index contributed by atoms with van der Waals surface area (Å²) in [6.07, 6.45) is 0. The second-order valence-corrected chi connectivity index (χ2v) is 7.21. The molecule has 0 unspecified atom stereocenters. The molecule has 0 saturated heterocycles. The van der Waals surface area contributed by atoms with E-state index in [1.54, 1.807) is 0 Å². The summed E-state index contributed by atoms with van der Waals surface area (Å²) in [5.74, 6) is 0.633. The smallest absolute Gasteiger partial charge is 0.225 e. The Morgan fingerprint density at radius 3 is 1.56 bits per heavy atom. The van der Waals surface area contributed by atoms with Gasteiger partial charge in [0.15, 0.2) is 0 Å². The lowest BCUT2D eigenvalue weighted by Crippen LogP contribution is -2.57. The van der Waals surface area contributed by atoms with Gasteiger partial charge in [-0.2, -0.15) is 0 Å². The lowest BCUT2D eigenvalue weighted by molar-refractivity contribution is -0.132. The van der Waals surface area contributed by atoms with Gasteiger partial charge < -0.3 is 5.32 Å². The minimum atomic E-state index is -0.329. The standard InChI is InChI=1S/C14H29NO/c1-10(2)13(6,7)14(8,9)15-11(16)12(3,4)5/h10H,1-9H3,(H,15,16). The van der Waals surface area contributed by atoms with E-state index in [-0.39, 0.29) is 22.3 Å². The highest BCUT2D eigenvalue weighted by Crippen LogP contribution is 2.38. The maximum Gasteiger partial charge on any atom is 0.225 e. The van der Waals surface area contributed by atoms with Crippen LogP contribution in [0.2, 0.25) is 0 Å². The van der Waals surface area contributed by atoms with E-state index >= 15 is 0 Å². The summed E-state index contributed by atoms with van der Waals surface area (Å²) >= 11 is 0. The van der Waals surface area contributed by atoms with Crippen molar-refractivity contribution in [3.05, 3.63) is 0 Å². The number of amides is 1. The van der Waals surface area contributed by atoms with Crippen molar-refractivity contribution in [3.63, 3.8) is 0 Å². The Kier molecular flexibility index (Phi) is 4.24. The zero-order valence-electron chi connectivity index (χ0n) is 12.5. The second-order valence-electron chi connectivity index (χ2n) is 7.21. The van der Waals surface area contributed by atoms with E-state index in [0.717, 1.165) is 0 Å². The molecule has 0 aliphatic rings. The van der Waals surface area contributed by atoms with Crippen molar-refractivity contribution in [1.82, 2.24) is 5.32 Å². The molecule has 0 heterocycles. The molecule has 0 atom stereocenters. The average molecular weight is 227 g/mol. The molecule has 0 rings (SSSR count). The fourth-order valence-corrected chi connectivity index (χ4v) is 1.35. The van der Waals surface area contributed by atoms with Crippen molar-refractivity contribution < 1.29 is 4.79 Å². The Morgan fingerprint density at radius 2 is 1.31 bits per heavy atom. The van der Waals surface area contributed by atoms with Crippen molar-refractivity contribution in [3.8, 4) is 0 Å². The summed E-state index contributed by atoms with van der Waals surface area (Å²) in [4.78, 5) is 12.0. The molecule has 96 valence electrons. The van der Waals surface area contributed by atoms with E-state index < -0.39 is 0 Å². The second kappa shape index (κ2) is 4.38. The zero-order valence-corrected chi connectivity index (χ0v) is 12.5. The summed E-state index contributed by atoms with van der Waals surface area (Å²) in [5, 5.41) is 3.18. The van der Waals surface area contributed by atoms with Crippen LogP contribution in [0.1, 0.15) is 62.3 Å². The Morgan fingerprint density at radius 1 is 0.938 bits per heavy atom. The van der Waals surface area contributed by atoms with Crippen LogP contribution in [0.4, 0.5) is 0 Å². The number of hydrogen-bond donors (Lipinski definition) is 1. The van der Waals surface area contributed by atoms with E-state index in [1.165, 1.54) is 0 Å². The molecule has 1 amide bonds. The summed E-state index contributed by atoms with van der Waals surface area (Å²) < 4.78 is 0. The molecular weight excluding hydrogens is 198 g/mol. The minimum Gasteiger partial charge on any atom is -0.350 e. The first-order valence-corrected chi connectivity index (χ1v) is 6.15. The highest BCUT2D eigenvalue weighted by Gasteiger charge is 2.41. The van der Waals surface area contributed by atoms with E-state index in [2.05, 4.69) is 46.9 Å². The molecule has 0 aromatic carbocycles. The first kappa shape index (κ1) is 15.5. The molecule has 0 saturated carbocycles. The summed E-state index contributed by atoms with van der Waals surface area (Å²) in [6, 6.07) is 0. The largest absolute Gasteiger partial charge is 0.350 e. The molecule has 0 aromatic heterocycles. The van der Waals surface area contributed by atoms with Gasteiger partial charge in [0.2, 0.25) is 5.91 Å². The van der Waals surface area contributed by atoms with Crippen LogP contribution >= 0.6 is 0 Å². The van der Waals surface area contributed by atoms with Crippen molar-refractivity contribution in [2.45, 2.75) is 67.9 Å². The molecular formula is C14H29NO. The van der Waals surface area contributed by atoms with E-state index in [1.807, 2.05) is 20.8 Å². The van der Waals surface area contributed by atoms with Crippen molar-refractivity contribution >= 4 is 5.91 Å². The number of carbonyl (C=O) groups excluding carboxylic acids is 1. The lowest BCUT2D eigenvalue weighted by Gasteiger charge is -2.46. The van der Waals surface area contributed by atoms with Gasteiger partial charge in [0.25, 0.3) is 0 Å². The van der Waals surface area contributed by atoms with Gasteiger partial charge in [-0.05, 0) is 25.2 Å². The van der Waals surface area contributed by atoms with Crippen LogP contribution < -0.4 is 5.32 Å². The number of nitrogens with one attached hydrogen (secondary N) is 1. The van der Waals surface area contributed by atoms with Crippen molar-refractivity contribution in [2.24, 2.45) is 16.7 Å². The first-order chi connectivity index (χ1) is 6.82. The van der Waals surface area contributed by atoms with Crippen LogP contribution in [0.25, 0.3) is 0 Å². The van der Waals surface area contributed by atoms with Crippen LogP contribution in [0.5, 0.6) is 0 Å². The third kappa shape index (κ3) is 3.23. The van der Waals surface area contributed by atoms with Gasteiger partial charge in [-0.15, -0.1) is 0 Å². The third-order valence-corrected chi connectivity index (χ3v) is 4.16. The molecule has 0 radical (unpaired) electrons. The highest BCUT2D eigenvalue weighted by molar-refractivity contribution is 5.82. The Balaban J connectivity index is 4.90. The molecule has 1 N–H and O–H groups in total. The lowest BCUT2D eigenvalue weighted by atomic mass is 9.67. The molecule has 2 heteroatoms. The van der Waals surface area contributed by atoms with Gasteiger partial charge >= 0.3 is 0 Å². The summed E-state index contributed by atoms with van der Waals surface area (Å²) in [7, 11) is 0. The van der Waals surface area contributed by atoms with Gasteiger partial charge in [0.1, 0.15) is 0 Å². The van der Waals surface area contributed by atoms with Crippen LogP contribution in [0.3, 0.4) is 0 Å². The van der Waals surface area contributed by atoms with Gasteiger partial charge in [-0.3, -0.25) is 4.79 Å². The highest BCUT2D eigenvalue weighted by atomic mass is 16.2. The minimum absolute atomic E-state index is 0.0634. The van der Waals surface area contributed by atoms with Crippen molar-refractivity contribution in [2.75, 3.05) is 0 Å². The van der Waals surface area contributed by atoms with Crippen LogP contribution in [-0.2, 0) is 4.79 Å². The fraction of sp³-hybridized carbons (Fsp3) is 0.929. The summed E-state index contributed by atoms with van der Waals surface area (Å²) in [6.45, 7) is 18.9. The average Bonchev–Trinajstić information content (AvgIpc) is 2.00. The summed E-state index contributed by atoms with van der Waals surface area (Å²) in [5.41, 5.74) is -0.468. The Labute approximate surface area is 101 Å². The van der Waals surface area contributed by atoms with E-state index in [9.17, 15) is 4.79 Å². The molecule has 0 aromatic rings. The molecule has 0 spiro atoms. The van der Waals surface area contributed by atoms with E-state index in [0.29, 0.717) is 5.92 Å². The third-order valence-electron chi connectivity index (χ3n) is 4.16. The van der Waals surface area contributed by atoms with Crippen LogP contribution in [-0.4, -0.2) is 11.4 Å². The predicted molar refractivity (Wildman–Crippen MR) is 70.3 cm³/mol. The zero-order chi connectivity index (χ0) is 13.4. The molecule has 0 fully saturated rings. The molecule has 0 aliphatic heterocycles. The Hall–Kier alpha value is -0.530. The van der Waals surface area contributed by atoms with Gasteiger partial charge in [-0.1, -0.05) is 48.5 Å². The van der Waals surface area contributed by atoms with Gasteiger partial charge in [-0.25, -0.2) is 0 Å². The maximum atomic E-state index is 12.0. The number of hydrogen-bond acceptors (Lipinski definition) is 1.